The van der Waals surface area contributed by atoms with Crippen LogP contribution in [0.4, 0.5) is 5.69 Å². The van der Waals surface area contributed by atoms with E-state index < -0.39 is 0 Å². The largest absolute Gasteiger partial charge is 0.368 e. The highest BCUT2D eigenvalue weighted by molar-refractivity contribution is 9.10. The Morgan fingerprint density at radius 3 is 2.35 bits per heavy atom. The highest BCUT2D eigenvalue weighted by Crippen LogP contribution is 2.30. The minimum atomic E-state index is 0.402. The number of hydrogen-bond donors (Lipinski definition) is 1. The van der Waals surface area contributed by atoms with E-state index in [1.807, 2.05) is 0 Å². The first-order valence-corrected chi connectivity index (χ1v) is 8.60. The molecule has 0 fully saturated rings. The molecule has 0 aliphatic carbocycles. The fraction of sp³-hybridized carbons (Fsp3) is 0.647. The van der Waals surface area contributed by atoms with Crippen molar-refractivity contribution in [3.63, 3.8) is 0 Å². The Morgan fingerprint density at radius 2 is 1.85 bits per heavy atom. The molecule has 0 aromatic heterocycles. The van der Waals surface area contributed by atoms with Crippen LogP contribution in [-0.2, 0) is 0 Å². The minimum Gasteiger partial charge on any atom is -0.368 e. The monoisotopic (exact) mass is 340 g/mol. The highest BCUT2D eigenvalue weighted by atomic mass is 79.9. The Kier molecular flexibility index (Phi) is 7.60. The van der Waals surface area contributed by atoms with Crippen LogP contribution in [0.25, 0.3) is 0 Å². The van der Waals surface area contributed by atoms with Crippen LogP contribution in [-0.4, -0.2) is 19.1 Å². The van der Waals surface area contributed by atoms with Gasteiger partial charge in [-0.25, -0.2) is 0 Å². The summed E-state index contributed by atoms with van der Waals surface area (Å²) in [4.78, 5) is 2.46. The van der Waals surface area contributed by atoms with E-state index in [9.17, 15) is 0 Å². The number of nitrogens with zero attached hydrogens (tertiary/aromatic N) is 1. The first-order chi connectivity index (χ1) is 9.51. The second kappa shape index (κ2) is 8.68. The van der Waals surface area contributed by atoms with Crippen LogP contribution in [0.15, 0.2) is 22.7 Å². The molecule has 1 rings (SSSR count). The lowest BCUT2D eigenvalue weighted by molar-refractivity contribution is 0.570. The van der Waals surface area contributed by atoms with E-state index in [4.69, 9.17) is 0 Å². The molecule has 0 amide bonds. The summed E-state index contributed by atoms with van der Waals surface area (Å²) < 4.78 is 1.20. The summed E-state index contributed by atoms with van der Waals surface area (Å²) in [5, 5.41) is 3.54. The average Bonchev–Trinajstić information content (AvgIpc) is 2.42. The third kappa shape index (κ3) is 4.78. The molecule has 1 atom stereocenters. The van der Waals surface area contributed by atoms with Gasteiger partial charge in [-0.05, 0) is 73.8 Å². The van der Waals surface area contributed by atoms with Crippen LogP contribution in [0, 0.1) is 0 Å². The summed E-state index contributed by atoms with van der Waals surface area (Å²) in [5.74, 6) is 0. The lowest BCUT2D eigenvalue weighted by Crippen LogP contribution is -2.31. The predicted octanol–water partition coefficient (Wildman–Crippen LogP) is 5.13. The van der Waals surface area contributed by atoms with Crippen LogP contribution in [0.5, 0.6) is 0 Å². The molecule has 0 bridgehead atoms. The Labute approximate surface area is 133 Å². The quantitative estimate of drug-likeness (QED) is 0.705. The molecule has 3 heteroatoms. The fourth-order valence-electron chi connectivity index (χ4n) is 2.40. The number of nitrogens with one attached hydrogen (secondary N) is 1. The van der Waals surface area contributed by atoms with Crippen LogP contribution < -0.4 is 10.2 Å². The molecule has 0 spiro atoms. The van der Waals surface area contributed by atoms with E-state index >= 15 is 0 Å². The Hall–Kier alpha value is -0.540. The van der Waals surface area contributed by atoms with Gasteiger partial charge in [-0.2, -0.15) is 0 Å². The molecule has 0 heterocycles. The maximum Gasteiger partial charge on any atom is 0.0513 e. The fourth-order valence-corrected chi connectivity index (χ4v) is 3.03. The first-order valence-electron chi connectivity index (χ1n) is 7.80. The van der Waals surface area contributed by atoms with E-state index in [1.54, 1.807) is 0 Å². The molecule has 1 aromatic rings. The predicted molar refractivity (Wildman–Crippen MR) is 93.6 cm³/mol. The Morgan fingerprint density at radius 1 is 1.15 bits per heavy atom. The van der Waals surface area contributed by atoms with Gasteiger partial charge in [-0.1, -0.05) is 19.9 Å². The molecule has 114 valence electrons. The molecule has 0 saturated heterocycles. The van der Waals surface area contributed by atoms with Gasteiger partial charge in [0.1, 0.15) is 0 Å². The summed E-state index contributed by atoms with van der Waals surface area (Å²) in [6.07, 6.45) is 2.34. The summed E-state index contributed by atoms with van der Waals surface area (Å²) in [6, 6.07) is 7.68. The van der Waals surface area contributed by atoms with Crippen molar-refractivity contribution in [3.05, 3.63) is 28.2 Å². The van der Waals surface area contributed by atoms with Crippen LogP contribution in [0.3, 0.4) is 0 Å². The van der Waals surface area contributed by atoms with Gasteiger partial charge in [0, 0.05) is 23.1 Å². The molecular formula is C17H29BrN2. The Bertz CT molecular complexity index is 404. The number of rotatable bonds is 8. The van der Waals surface area contributed by atoms with E-state index in [-0.39, 0.29) is 0 Å². The zero-order chi connectivity index (χ0) is 15.1. The van der Waals surface area contributed by atoms with Crippen LogP contribution >= 0.6 is 15.9 Å². The van der Waals surface area contributed by atoms with Crippen molar-refractivity contribution in [1.29, 1.82) is 0 Å². The Balaban J connectivity index is 2.91. The van der Waals surface area contributed by atoms with Gasteiger partial charge in [0.15, 0.2) is 0 Å². The zero-order valence-electron chi connectivity index (χ0n) is 13.5. The molecule has 0 radical (unpaired) electrons. The van der Waals surface area contributed by atoms with Gasteiger partial charge < -0.3 is 10.2 Å². The smallest absolute Gasteiger partial charge is 0.0513 e. The van der Waals surface area contributed by atoms with Crippen molar-refractivity contribution in [2.45, 2.75) is 59.5 Å². The first kappa shape index (κ1) is 17.5. The zero-order valence-corrected chi connectivity index (χ0v) is 15.1. The number of benzene rings is 1. The van der Waals surface area contributed by atoms with Crippen molar-refractivity contribution >= 4 is 21.6 Å². The van der Waals surface area contributed by atoms with Gasteiger partial charge in [0.05, 0.1) is 5.69 Å². The maximum absolute atomic E-state index is 3.75. The second-order valence-electron chi connectivity index (χ2n) is 5.67. The van der Waals surface area contributed by atoms with Crippen LogP contribution in [0.2, 0.25) is 0 Å². The topological polar surface area (TPSA) is 15.3 Å². The summed E-state index contributed by atoms with van der Waals surface area (Å²) in [6.45, 7) is 13.3. The normalized spacial score (nSPS) is 12.8. The third-order valence-corrected chi connectivity index (χ3v) is 4.20. The van der Waals surface area contributed by atoms with Gasteiger partial charge in [-0.15, -0.1) is 0 Å². The second-order valence-corrected chi connectivity index (χ2v) is 6.53. The molecule has 0 aliphatic heterocycles. The minimum absolute atomic E-state index is 0.402. The standard InChI is InChI=1S/C17H29BrN2/c1-6-10-19-14(5)15-8-9-17(16(18)12-15)20(11-7-2)13(3)4/h8-9,12-14,19H,6-7,10-11H2,1-5H3. The van der Waals surface area contributed by atoms with Gasteiger partial charge >= 0.3 is 0 Å². The molecule has 0 saturated carbocycles. The van der Waals surface area contributed by atoms with Crippen molar-refractivity contribution in [3.8, 4) is 0 Å². The van der Waals surface area contributed by atoms with E-state index in [1.165, 1.54) is 28.6 Å². The molecule has 1 N–H and O–H groups in total. The summed E-state index contributed by atoms with van der Waals surface area (Å²) in [5.41, 5.74) is 2.64. The molecular weight excluding hydrogens is 312 g/mol. The van der Waals surface area contributed by atoms with Crippen molar-refractivity contribution in [2.24, 2.45) is 0 Å². The lowest BCUT2D eigenvalue weighted by Gasteiger charge is -2.30. The number of halogens is 1. The highest BCUT2D eigenvalue weighted by Gasteiger charge is 2.14. The van der Waals surface area contributed by atoms with Gasteiger partial charge in [0.2, 0.25) is 0 Å². The molecule has 1 aromatic carbocycles. The average molecular weight is 341 g/mol. The van der Waals surface area contributed by atoms with Gasteiger partial charge in [0.25, 0.3) is 0 Å². The SMILES string of the molecule is CCCNC(C)c1ccc(N(CCC)C(C)C)c(Br)c1. The van der Waals surface area contributed by atoms with Crippen LogP contribution in [0.1, 0.15) is 59.1 Å². The molecule has 2 nitrogen and oxygen atoms in total. The summed E-state index contributed by atoms with van der Waals surface area (Å²) >= 11 is 3.75. The summed E-state index contributed by atoms with van der Waals surface area (Å²) in [7, 11) is 0. The van der Waals surface area contributed by atoms with E-state index in [2.05, 4.69) is 79.0 Å². The van der Waals surface area contributed by atoms with E-state index in [0.717, 1.165) is 13.1 Å². The molecule has 1 unspecified atom stereocenters. The molecule has 20 heavy (non-hydrogen) atoms. The van der Waals surface area contributed by atoms with Crippen molar-refractivity contribution in [2.75, 3.05) is 18.0 Å². The van der Waals surface area contributed by atoms with Crippen molar-refractivity contribution in [1.82, 2.24) is 5.32 Å². The molecule has 0 aliphatic rings. The lowest BCUT2D eigenvalue weighted by atomic mass is 10.1. The van der Waals surface area contributed by atoms with Gasteiger partial charge in [-0.3, -0.25) is 0 Å². The third-order valence-electron chi connectivity index (χ3n) is 3.57. The van der Waals surface area contributed by atoms with E-state index in [0.29, 0.717) is 12.1 Å². The van der Waals surface area contributed by atoms with Crippen molar-refractivity contribution < 1.29 is 0 Å². The number of hydrogen-bond acceptors (Lipinski definition) is 2. The number of anilines is 1. The maximum atomic E-state index is 3.75.